The van der Waals surface area contributed by atoms with Crippen LogP contribution in [-0.2, 0) is 5.41 Å². The lowest BCUT2D eigenvalue weighted by Gasteiger charge is -2.40. The van der Waals surface area contributed by atoms with Crippen LogP contribution in [0.2, 0.25) is 10.0 Å². The number of halogens is 4. The largest absolute Gasteiger partial charge is 0.330 e. The Morgan fingerprint density at radius 1 is 1.06 bits per heavy atom. The molecule has 1 aromatic carbocycles. The van der Waals surface area contributed by atoms with Crippen LogP contribution in [0, 0.1) is 0 Å². The van der Waals surface area contributed by atoms with E-state index in [0.29, 0.717) is 29.4 Å². The number of alkyl halides is 2. The number of benzene rings is 1. The molecule has 0 saturated heterocycles. The highest BCUT2D eigenvalue weighted by Crippen LogP contribution is 2.45. The van der Waals surface area contributed by atoms with Gasteiger partial charge in [-0.2, -0.15) is 0 Å². The van der Waals surface area contributed by atoms with Gasteiger partial charge in [-0.15, -0.1) is 0 Å². The van der Waals surface area contributed by atoms with Crippen LogP contribution < -0.4 is 5.73 Å². The van der Waals surface area contributed by atoms with Crippen LogP contribution >= 0.6 is 23.2 Å². The van der Waals surface area contributed by atoms with Gasteiger partial charge in [-0.05, 0) is 30.5 Å². The van der Waals surface area contributed by atoms with Crippen molar-refractivity contribution >= 4 is 23.2 Å². The quantitative estimate of drug-likeness (QED) is 0.859. The fourth-order valence-electron chi connectivity index (χ4n) is 2.53. The van der Waals surface area contributed by atoms with Crippen molar-refractivity contribution in [3.05, 3.63) is 33.8 Å². The summed E-state index contributed by atoms with van der Waals surface area (Å²) in [5.41, 5.74) is 6.34. The zero-order valence-corrected chi connectivity index (χ0v) is 11.4. The third kappa shape index (κ3) is 2.63. The third-order valence-corrected chi connectivity index (χ3v) is 4.60. The smallest absolute Gasteiger partial charge is 0.248 e. The first kappa shape index (κ1) is 14.0. The van der Waals surface area contributed by atoms with Crippen molar-refractivity contribution in [3.63, 3.8) is 0 Å². The molecule has 0 heterocycles. The molecule has 0 spiro atoms. The first-order valence-electron chi connectivity index (χ1n) is 5.92. The van der Waals surface area contributed by atoms with Crippen LogP contribution in [0.5, 0.6) is 0 Å². The molecule has 18 heavy (non-hydrogen) atoms. The second-order valence-electron chi connectivity index (χ2n) is 4.97. The summed E-state index contributed by atoms with van der Waals surface area (Å²) < 4.78 is 26.5. The molecule has 0 bridgehead atoms. The minimum Gasteiger partial charge on any atom is -0.330 e. The summed E-state index contributed by atoms with van der Waals surface area (Å²) in [7, 11) is 0. The Labute approximate surface area is 115 Å². The van der Waals surface area contributed by atoms with Gasteiger partial charge in [0.15, 0.2) is 0 Å². The monoisotopic (exact) mass is 293 g/mol. The molecule has 5 heteroatoms. The Morgan fingerprint density at radius 3 is 2.17 bits per heavy atom. The molecule has 0 aromatic heterocycles. The number of nitrogens with two attached hydrogens (primary N) is 1. The lowest BCUT2D eigenvalue weighted by molar-refractivity contribution is -0.0509. The summed E-state index contributed by atoms with van der Waals surface area (Å²) in [5.74, 6) is -2.56. The van der Waals surface area contributed by atoms with Crippen LogP contribution in [0.25, 0.3) is 0 Å². The Bertz CT molecular complexity index is 439. The van der Waals surface area contributed by atoms with Gasteiger partial charge in [0.25, 0.3) is 0 Å². The van der Waals surface area contributed by atoms with Crippen LogP contribution in [0.4, 0.5) is 8.78 Å². The van der Waals surface area contributed by atoms with E-state index < -0.39 is 11.3 Å². The first-order valence-corrected chi connectivity index (χ1v) is 6.68. The molecule has 1 aliphatic carbocycles. The normalized spacial score (nSPS) is 21.8. The van der Waals surface area contributed by atoms with Crippen molar-refractivity contribution in [2.24, 2.45) is 5.73 Å². The minimum absolute atomic E-state index is 0.121. The van der Waals surface area contributed by atoms with Crippen molar-refractivity contribution in [2.45, 2.75) is 37.0 Å². The van der Waals surface area contributed by atoms with E-state index in [1.54, 1.807) is 12.1 Å². The Balaban J connectivity index is 2.30. The van der Waals surface area contributed by atoms with E-state index in [4.69, 9.17) is 28.9 Å². The van der Waals surface area contributed by atoms with E-state index in [1.807, 2.05) is 6.07 Å². The van der Waals surface area contributed by atoms with Gasteiger partial charge >= 0.3 is 0 Å². The van der Waals surface area contributed by atoms with E-state index in [9.17, 15) is 8.78 Å². The van der Waals surface area contributed by atoms with E-state index in [-0.39, 0.29) is 12.8 Å². The highest BCUT2D eigenvalue weighted by Gasteiger charge is 2.43. The van der Waals surface area contributed by atoms with Gasteiger partial charge in [0.2, 0.25) is 5.92 Å². The second kappa shape index (κ2) is 4.95. The Kier molecular flexibility index (Phi) is 3.86. The molecule has 2 N–H and O–H groups in total. The van der Waals surface area contributed by atoms with Gasteiger partial charge in [0, 0.05) is 24.8 Å². The van der Waals surface area contributed by atoms with Crippen LogP contribution in [0.1, 0.15) is 31.2 Å². The summed E-state index contributed by atoms with van der Waals surface area (Å²) in [6, 6.07) is 5.29. The predicted octanol–water partition coefficient (Wildman–Crippen LogP) is 4.40. The van der Waals surface area contributed by atoms with Crippen molar-refractivity contribution in [2.75, 3.05) is 6.54 Å². The molecule has 0 amide bonds. The summed E-state index contributed by atoms with van der Waals surface area (Å²) in [5, 5.41) is 0.910. The van der Waals surface area contributed by atoms with Crippen molar-refractivity contribution in [1.29, 1.82) is 0 Å². The van der Waals surface area contributed by atoms with E-state index in [2.05, 4.69) is 0 Å². The van der Waals surface area contributed by atoms with E-state index in [1.165, 1.54) is 0 Å². The third-order valence-electron chi connectivity index (χ3n) is 3.86. The highest BCUT2D eigenvalue weighted by molar-refractivity contribution is 6.42. The summed E-state index contributed by atoms with van der Waals surface area (Å²) in [6.07, 6.45) is 0.526. The average molecular weight is 294 g/mol. The Hall–Kier alpha value is -0.380. The zero-order chi connectivity index (χ0) is 13.4. The van der Waals surface area contributed by atoms with E-state index in [0.717, 1.165) is 5.56 Å². The SMILES string of the molecule is NCC1(c2ccc(Cl)c(Cl)c2)CCC(F)(F)CC1. The first-order chi connectivity index (χ1) is 8.38. The molecule has 0 atom stereocenters. The molecule has 0 aliphatic heterocycles. The lowest BCUT2D eigenvalue weighted by atomic mass is 9.68. The molecule has 100 valence electrons. The zero-order valence-electron chi connectivity index (χ0n) is 9.86. The molecule has 0 radical (unpaired) electrons. The lowest BCUT2D eigenvalue weighted by Crippen LogP contribution is -2.42. The van der Waals surface area contributed by atoms with Crippen LogP contribution in [-0.4, -0.2) is 12.5 Å². The minimum atomic E-state index is -2.56. The molecular weight excluding hydrogens is 279 g/mol. The average Bonchev–Trinajstić information content (AvgIpc) is 2.34. The molecule has 2 rings (SSSR count). The number of hydrogen-bond donors (Lipinski definition) is 1. The molecule has 1 aliphatic rings. The molecule has 1 nitrogen and oxygen atoms in total. The van der Waals surface area contributed by atoms with Gasteiger partial charge < -0.3 is 5.73 Å². The molecular formula is C13H15Cl2F2N. The van der Waals surface area contributed by atoms with Crippen molar-refractivity contribution in [3.8, 4) is 0 Å². The Morgan fingerprint density at radius 2 is 1.67 bits per heavy atom. The summed E-state index contributed by atoms with van der Waals surface area (Å²) in [4.78, 5) is 0. The molecule has 0 unspecified atom stereocenters. The second-order valence-corrected chi connectivity index (χ2v) is 5.78. The van der Waals surface area contributed by atoms with Gasteiger partial charge in [-0.1, -0.05) is 29.3 Å². The van der Waals surface area contributed by atoms with Gasteiger partial charge in [0.05, 0.1) is 10.0 Å². The summed E-state index contributed by atoms with van der Waals surface area (Å²) >= 11 is 11.9. The maximum Gasteiger partial charge on any atom is 0.248 e. The van der Waals surface area contributed by atoms with Crippen LogP contribution in [0.15, 0.2) is 18.2 Å². The molecule has 1 saturated carbocycles. The maximum atomic E-state index is 13.3. The summed E-state index contributed by atoms with van der Waals surface area (Å²) in [6.45, 7) is 0.348. The number of hydrogen-bond acceptors (Lipinski definition) is 1. The predicted molar refractivity (Wildman–Crippen MR) is 70.6 cm³/mol. The van der Waals surface area contributed by atoms with Gasteiger partial charge in [-0.3, -0.25) is 0 Å². The maximum absolute atomic E-state index is 13.3. The van der Waals surface area contributed by atoms with Gasteiger partial charge in [0.1, 0.15) is 0 Å². The van der Waals surface area contributed by atoms with E-state index >= 15 is 0 Å². The van der Waals surface area contributed by atoms with Crippen molar-refractivity contribution in [1.82, 2.24) is 0 Å². The topological polar surface area (TPSA) is 26.0 Å². The van der Waals surface area contributed by atoms with Crippen LogP contribution in [0.3, 0.4) is 0 Å². The molecule has 1 fully saturated rings. The molecule has 1 aromatic rings. The fraction of sp³-hybridized carbons (Fsp3) is 0.538. The fourth-order valence-corrected chi connectivity index (χ4v) is 2.83. The highest BCUT2D eigenvalue weighted by atomic mass is 35.5. The van der Waals surface area contributed by atoms with Crippen molar-refractivity contribution < 1.29 is 8.78 Å². The standard InChI is InChI=1S/C13H15Cl2F2N/c14-10-2-1-9(7-11(10)15)12(8-18)3-5-13(16,17)6-4-12/h1-2,7H,3-6,8,18H2. The number of rotatable bonds is 2. The van der Waals surface area contributed by atoms with Gasteiger partial charge in [-0.25, -0.2) is 8.78 Å².